The molecule has 0 radical (unpaired) electrons. The van der Waals surface area contributed by atoms with Crippen LogP contribution in [0.1, 0.15) is 12.5 Å². The number of hydrogen-bond acceptors (Lipinski definition) is 6. The molecule has 2 amide bonds. The van der Waals surface area contributed by atoms with E-state index in [0.29, 0.717) is 6.61 Å². The number of nitrogens with zero attached hydrogens (tertiary/aromatic N) is 1. The van der Waals surface area contributed by atoms with E-state index in [1.807, 2.05) is 0 Å². The van der Waals surface area contributed by atoms with Gasteiger partial charge in [-0.25, -0.2) is 9.18 Å². The predicted molar refractivity (Wildman–Crippen MR) is 91.4 cm³/mol. The smallest absolute Gasteiger partial charge is 0.377 e. The number of esters is 1. The lowest BCUT2D eigenvalue weighted by Gasteiger charge is -2.20. The molecule has 1 aromatic rings. The topological polar surface area (TPSA) is 94.2 Å². The number of amides is 2. The first-order chi connectivity index (χ1) is 13.0. The number of hydrogen-bond donors (Lipinski definition) is 1. The van der Waals surface area contributed by atoms with Gasteiger partial charge in [0, 0.05) is 13.1 Å². The fraction of sp³-hybridized carbons (Fsp3) is 0.389. The zero-order valence-corrected chi connectivity index (χ0v) is 14.9. The van der Waals surface area contributed by atoms with Crippen LogP contribution in [0.4, 0.5) is 4.39 Å². The van der Waals surface area contributed by atoms with Gasteiger partial charge in [-0.3, -0.25) is 9.59 Å². The highest BCUT2D eigenvalue weighted by atomic mass is 19.1. The Balaban J connectivity index is 1.76. The van der Waals surface area contributed by atoms with E-state index in [2.05, 4.69) is 5.32 Å². The number of rotatable bonds is 8. The Morgan fingerprint density at radius 2 is 1.96 bits per heavy atom. The molecule has 1 aromatic carbocycles. The van der Waals surface area contributed by atoms with Crippen LogP contribution in [-0.2, 0) is 35.1 Å². The summed E-state index contributed by atoms with van der Waals surface area (Å²) in [5.74, 6) is -2.16. The molecule has 2 rings (SSSR count). The van der Waals surface area contributed by atoms with Gasteiger partial charge in [0.15, 0.2) is 6.61 Å². The summed E-state index contributed by atoms with van der Waals surface area (Å²) in [4.78, 5) is 37.2. The van der Waals surface area contributed by atoms with Gasteiger partial charge in [-0.2, -0.15) is 0 Å². The van der Waals surface area contributed by atoms with Gasteiger partial charge in [-0.1, -0.05) is 12.1 Å². The molecule has 1 heterocycles. The third-order valence-electron chi connectivity index (χ3n) is 3.65. The van der Waals surface area contributed by atoms with Gasteiger partial charge in [-0.15, -0.1) is 0 Å². The predicted octanol–water partition coefficient (Wildman–Crippen LogP) is 0.722. The lowest BCUT2D eigenvalue weighted by atomic mass is 10.2. The molecule has 0 spiro atoms. The maximum Gasteiger partial charge on any atom is 0.377 e. The largest absolute Gasteiger partial charge is 0.493 e. The third-order valence-corrected chi connectivity index (χ3v) is 3.65. The molecule has 1 N–H and O–H groups in total. The first-order valence-electron chi connectivity index (χ1n) is 8.40. The van der Waals surface area contributed by atoms with Gasteiger partial charge >= 0.3 is 5.97 Å². The van der Waals surface area contributed by atoms with Gasteiger partial charge in [-0.05, 0) is 24.6 Å². The van der Waals surface area contributed by atoms with Crippen LogP contribution in [0.5, 0.6) is 0 Å². The van der Waals surface area contributed by atoms with Crippen LogP contribution in [0.2, 0.25) is 0 Å². The van der Waals surface area contributed by atoms with Crippen molar-refractivity contribution in [3.8, 4) is 0 Å². The molecule has 0 fully saturated rings. The number of nitrogens with one attached hydrogen (secondary N) is 1. The molecular weight excluding hydrogens is 359 g/mol. The number of carbonyl (C=O) groups excluding carboxylic acids is 3. The van der Waals surface area contributed by atoms with E-state index in [-0.39, 0.29) is 43.7 Å². The summed E-state index contributed by atoms with van der Waals surface area (Å²) in [5.41, 5.74) is 0.732. The van der Waals surface area contributed by atoms with Crippen molar-refractivity contribution in [1.82, 2.24) is 10.2 Å². The highest BCUT2D eigenvalue weighted by molar-refractivity contribution is 5.90. The summed E-state index contributed by atoms with van der Waals surface area (Å²) < 4.78 is 27.7. The van der Waals surface area contributed by atoms with Crippen LogP contribution in [0.3, 0.4) is 0 Å². The first-order valence-corrected chi connectivity index (χ1v) is 8.40. The Morgan fingerprint density at radius 1 is 1.22 bits per heavy atom. The average molecular weight is 380 g/mol. The molecule has 1 aliphatic heterocycles. The summed E-state index contributed by atoms with van der Waals surface area (Å²) in [6.07, 6.45) is 1.14. The van der Waals surface area contributed by atoms with E-state index >= 15 is 0 Å². The summed E-state index contributed by atoms with van der Waals surface area (Å²) in [5, 5.41) is 2.65. The van der Waals surface area contributed by atoms with Crippen molar-refractivity contribution >= 4 is 17.8 Å². The Hall–Kier alpha value is -3.10. The summed E-state index contributed by atoms with van der Waals surface area (Å²) in [6.45, 7) is 2.05. The number of likely N-dealkylation sites (N-methyl/N-ethyl adjacent to an activating group) is 1. The molecule has 9 heteroatoms. The summed E-state index contributed by atoms with van der Waals surface area (Å²) in [6, 6.07) is 5.72. The maximum absolute atomic E-state index is 12.9. The minimum Gasteiger partial charge on any atom is -0.493 e. The molecule has 8 nitrogen and oxygen atoms in total. The fourth-order valence-corrected chi connectivity index (χ4v) is 2.17. The monoisotopic (exact) mass is 380 g/mol. The van der Waals surface area contributed by atoms with Crippen molar-refractivity contribution < 1.29 is 33.0 Å². The van der Waals surface area contributed by atoms with Crippen molar-refractivity contribution in [2.24, 2.45) is 0 Å². The maximum atomic E-state index is 12.9. The molecule has 0 aliphatic carbocycles. The molecule has 146 valence electrons. The molecule has 1 aliphatic rings. The van der Waals surface area contributed by atoms with Gasteiger partial charge < -0.3 is 24.4 Å². The van der Waals surface area contributed by atoms with Crippen LogP contribution < -0.4 is 5.32 Å². The second-order valence-electron chi connectivity index (χ2n) is 5.59. The van der Waals surface area contributed by atoms with E-state index in [4.69, 9.17) is 14.2 Å². The van der Waals surface area contributed by atoms with Gasteiger partial charge in [0.1, 0.15) is 25.3 Å². The van der Waals surface area contributed by atoms with E-state index in [1.54, 1.807) is 19.1 Å². The number of benzene rings is 1. The summed E-state index contributed by atoms with van der Waals surface area (Å²) in [7, 11) is 0. The first kappa shape index (κ1) is 20.2. The lowest BCUT2D eigenvalue weighted by molar-refractivity contribution is -0.153. The third kappa shape index (κ3) is 6.61. The van der Waals surface area contributed by atoms with E-state index in [9.17, 15) is 18.8 Å². The van der Waals surface area contributed by atoms with Crippen molar-refractivity contribution in [3.63, 3.8) is 0 Å². The van der Waals surface area contributed by atoms with Gasteiger partial charge in [0.25, 0.3) is 5.91 Å². The quantitative estimate of drug-likeness (QED) is 0.668. The SMILES string of the molecule is CCN(CC(=O)NCc1ccc(F)cc1)C(=O)COC(=O)C1=COCCO1. The Labute approximate surface area is 155 Å². The lowest BCUT2D eigenvalue weighted by Crippen LogP contribution is -2.42. The van der Waals surface area contributed by atoms with Crippen LogP contribution >= 0.6 is 0 Å². The number of carbonyl (C=O) groups is 3. The van der Waals surface area contributed by atoms with Crippen molar-refractivity contribution in [2.45, 2.75) is 13.5 Å². The molecule has 0 unspecified atom stereocenters. The zero-order valence-electron chi connectivity index (χ0n) is 14.9. The van der Waals surface area contributed by atoms with Crippen LogP contribution in [-0.4, -0.2) is 55.6 Å². The summed E-state index contributed by atoms with van der Waals surface area (Å²) >= 11 is 0. The molecule has 0 aromatic heterocycles. The Morgan fingerprint density at radius 3 is 2.59 bits per heavy atom. The number of ether oxygens (including phenoxy) is 3. The van der Waals surface area contributed by atoms with Crippen LogP contribution in [0.25, 0.3) is 0 Å². The van der Waals surface area contributed by atoms with E-state index in [0.717, 1.165) is 11.8 Å². The molecule has 0 bridgehead atoms. The number of halogens is 1. The van der Waals surface area contributed by atoms with Crippen molar-refractivity contribution in [3.05, 3.63) is 47.7 Å². The fourth-order valence-electron chi connectivity index (χ4n) is 2.17. The van der Waals surface area contributed by atoms with Gasteiger partial charge in [0.2, 0.25) is 11.7 Å². The average Bonchev–Trinajstić information content (AvgIpc) is 2.70. The standard InChI is InChI=1S/C18H21FN2O6/c1-2-21(10-16(22)20-9-13-3-5-14(19)6-4-13)17(23)12-27-18(24)15-11-25-7-8-26-15/h3-6,11H,2,7-10,12H2,1H3,(H,20,22). The molecule has 27 heavy (non-hydrogen) atoms. The van der Waals surface area contributed by atoms with Crippen molar-refractivity contribution in [1.29, 1.82) is 0 Å². The molecule has 0 atom stereocenters. The van der Waals surface area contributed by atoms with Crippen molar-refractivity contribution in [2.75, 3.05) is 32.9 Å². The molecule has 0 saturated heterocycles. The van der Waals surface area contributed by atoms with E-state index in [1.165, 1.54) is 17.0 Å². The highest BCUT2D eigenvalue weighted by Crippen LogP contribution is 2.06. The normalized spacial score (nSPS) is 12.9. The second kappa shape index (κ2) is 10.1. The Kier molecular flexibility index (Phi) is 7.60. The molecular formula is C18H21FN2O6. The minimum atomic E-state index is -0.806. The van der Waals surface area contributed by atoms with Crippen LogP contribution in [0, 0.1) is 5.82 Å². The highest BCUT2D eigenvalue weighted by Gasteiger charge is 2.21. The zero-order chi connectivity index (χ0) is 19.6. The van der Waals surface area contributed by atoms with Gasteiger partial charge in [0.05, 0.1) is 6.54 Å². The Bertz CT molecular complexity index is 704. The minimum absolute atomic E-state index is 0.103. The molecule has 0 saturated carbocycles. The van der Waals surface area contributed by atoms with E-state index < -0.39 is 18.5 Å². The van der Waals surface area contributed by atoms with Crippen LogP contribution in [0.15, 0.2) is 36.3 Å². The second-order valence-corrected chi connectivity index (χ2v) is 5.59.